The summed E-state index contributed by atoms with van der Waals surface area (Å²) >= 11 is 0. The van der Waals surface area contributed by atoms with Crippen LogP contribution in [0, 0.1) is 0 Å². The van der Waals surface area contributed by atoms with Crippen molar-refractivity contribution in [3.05, 3.63) is 12.2 Å². The first kappa shape index (κ1) is 17.6. The molecule has 7 nitrogen and oxygen atoms in total. The Balaban J connectivity index is 2.34. The minimum Gasteiger partial charge on any atom is -0.461 e. The smallest absolute Gasteiger partial charge is 0.334 e. The number of rotatable bonds is 7. The topological polar surface area (TPSA) is 107 Å². The van der Waals surface area contributed by atoms with Gasteiger partial charge in [-0.15, -0.1) is 0 Å². The Bertz CT molecular complexity index is 515. The second kappa shape index (κ2) is 7.04. The molecule has 1 aliphatic rings. The summed E-state index contributed by atoms with van der Waals surface area (Å²) in [4.78, 5) is 23.2. The molecule has 21 heavy (non-hydrogen) atoms. The van der Waals surface area contributed by atoms with Gasteiger partial charge in [0, 0.05) is 5.57 Å². The summed E-state index contributed by atoms with van der Waals surface area (Å²) in [6.45, 7) is 4.78. The van der Waals surface area contributed by atoms with Crippen LogP contribution in [0.2, 0.25) is 0 Å². The molecule has 1 saturated carbocycles. The second-order valence-electron chi connectivity index (χ2n) is 5.33. The zero-order chi connectivity index (χ0) is 16.1. The monoisotopic (exact) mass is 320 g/mol. The Morgan fingerprint density at radius 2 is 1.86 bits per heavy atom. The van der Waals surface area contributed by atoms with E-state index in [0.717, 1.165) is 25.7 Å². The quantitative estimate of drug-likeness (QED) is 0.427. The Labute approximate surface area is 124 Å². The Hall–Kier alpha value is -1.41. The molecule has 0 aromatic heterocycles. The third kappa shape index (κ3) is 6.72. The molecule has 0 amide bonds. The van der Waals surface area contributed by atoms with Crippen LogP contribution in [0.15, 0.2) is 12.2 Å². The van der Waals surface area contributed by atoms with Crippen LogP contribution in [0.4, 0.5) is 0 Å². The van der Waals surface area contributed by atoms with Crippen LogP contribution in [0.3, 0.4) is 0 Å². The molecule has 0 saturated heterocycles. The normalized spacial score (nSPS) is 17.2. The van der Waals surface area contributed by atoms with Crippen molar-refractivity contribution in [3.8, 4) is 0 Å². The van der Waals surface area contributed by atoms with Gasteiger partial charge in [-0.05, 0) is 32.6 Å². The zero-order valence-electron chi connectivity index (χ0n) is 12.0. The van der Waals surface area contributed by atoms with E-state index in [9.17, 15) is 18.0 Å². The van der Waals surface area contributed by atoms with Gasteiger partial charge in [0.15, 0.2) is 0 Å². The highest BCUT2D eigenvalue weighted by Gasteiger charge is 2.32. The lowest BCUT2D eigenvalue weighted by Crippen LogP contribution is -2.28. The minimum absolute atomic E-state index is 0.114. The summed E-state index contributed by atoms with van der Waals surface area (Å²) in [5.74, 6) is -2.14. The van der Waals surface area contributed by atoms with Crippen molar-refractivity contribution in [1.82, 2.24) is 0 Å². The summed E-state index contributed by atoms with van der Waals surface area (Å²) in [6.07, 6.45) is 3.29. The minimum atomic E-state index is -4.19. The van der Waals surface area contributed by atoms with Crippen LogP contribution < -0.4 is 0 Å². The fraction of sp³-hybridized carbons (Fsp3) is 0.692. The van der Waals surface area contributed by atoms with E-state index in [0.29, 0.717) is 0 Å². The summed E-state index contributed by atoms with van der Waals surface area (Å²) < 4.78 is 39.3. The Morgan fingerprint density at radius 3 is 2.38 bits per heavy atom. The molecule has 120 valence electrons. The maximum absolute atomic E-state index is 11.7. The van der Waals surface area contributed by atoms with Gasteiger partial charge in [-0.1, -0.05) is 6.58 Å². The van der Waals surface area contributed by atoms with Crippen molar-refractivity contribution in [1.29, 1.82) is 0 Å². The van der Waals surface area contributed by atoms with Gasteiger partial charge in [-0.25, -0.2) is 4.79 Å². The maximum atomic E-state index is 11.7. The number of hydrogen-bond donors (Lipinski definition) is 1. The molecular weight excluding hydrogens is 300 g/mol. The van der Waals surface area contributed by atoms with Crippen LogP contribution in [0.5, 0.6) is 0 Å². The van der Waals surface area contributed by atoms with Gasteiger partial charge >= 0.3 is 11.9 Å². The number of ether oxygens (including phenoxy) is 2. The first-order valence-corrected chi connectivity index (χ1v) is 8.24. The first-order valence-electron chi connectivity index (χ1n) is 6.63. The number of hydrogen-bond acceptors (Lipinski definition) is 6. The van der Waals surface area contributed by atoms with Crippen molar-refractivity contribution in [2.24, 2.45) is 0 Å². The fourth-order valence-electron chi connectivity index (χ4n) is 2.12. The van der Waals surface area contributed by atoms with E-state index in [1.165, 1.54) is 0 Å². The van der Waals surface area contributed by atoms with E-state index in [2.05, 4.69) is 11.3 Å². The third-order valence-corrected chi connectivity index (χ3v) is 3.92. The second-order valence-corrected chi connectivity index (χ2v) is 6.91. The molecule has 1 aliphatic carbocycles. The lowest BCUT2D eigenvalue weighted by atomic mass is 10.1. The fourth-order valence-corrected chi connectivity index (χ4v) is 2.42. The molecule has 1 fully saturated rings. The van der Waals surface area contributed by atoms with Crippen molar-refractivity contribution in [2.75, 3.05) is 12.4 Å². The van der Waals surface area contributed by atoms with Gasteiger partial charge in [0.2, 0.25) is 0 Å². The Morgan fingerprint density at radius 1 is 1.29 bits per heavy atom. The van der Waals surface area contributed by atoms with Crippen molar-refractivity contribution in [2.45, 2.75) is 44.6 Å². The van der Waals surface area contributed by atoms with E-state index in [-0.39, 0.29) is 12.0 Å². The summed E-state index contributed by atoms with van der Waals surface area (Å²) in [5, 5.41) is 0. The highest BCUT2D eigenvalue weighted by atomic mass is 32.2. The van der Waals surface area contributed by atoms with E-state index in [1.54, 1.807) is 0 Å². The lowest BCUT2D eigenvalue weighted by molar-refractivity contribution is -0.157. The highest BCUT2D eigenvalue weighted by molar-refractivity contribution is 7.85. The molecule has 0 unspecified atom stereocenters. The molecule has 1 N–H and O–H groups in total. The van der Waals surface area contributed by atoms with Crippen molar-refractivity contribution in [3.63, 3.8) is 0 Å². The molecule has 0 heterocycles. The summed E-state index contributed by atoms with van der Waals surface area (Å²) in [7, 11) is -4.19. The van der Waals surface area contributed by atoms with Crippen molar-refractivity contribution >= 4 is 22.1 Å². The van der Waals surface area contributed by atoms with Crippen LogP contribution in [-0.4, -0.2) is 42.9 Å². The van der Waals surface area contributed by atoms with Crippen LogP contribution in [0.1, 0.15) is 39.0 Å². The van der Waals surface area contributed by atoms with Crippen LogP contribution in [0.25, 0.3) is 0 Å². The predicted molar refractivity (Wildman–Crippen MR) is 74.1 cm³/mol. The van der Waals surface area contributed by atoms with E-state index in [4.69, 9.17) is 9.29 Å². The first-order chi connectivity index (χ1) is 9.61. The van der Waals surface area contributed by atoms with Gasteiger partial charge < -0.3 is 9.47 Å². The average molecular weight is 320 g/mol. The molecule has 0 aromatic carbocycles. The standard InChI is InChI=1S/C13H20O7S/c1-10(12(15)19-7-8-21(16,17)18)9-11(14)20-13(2)5-3-4-6-13/h1,3-9H2,2H3,(H,16,17,18). The molecule has 0 spiro atoms. The molecule has 0 radical (unpaired) electrons. The Kier molecular flexibility index (Phi) is 5.91. The predicted octanol–water partition coefficient (Wildman–Crippen LogP) is 1.24. The highest BCUT2D eigenvalue weighted by Crippen LogP contribution is 2.33. The largest absolute Gasteiger partial charge is 0.461 e. The van der Waals surface area contributed by atoms with Crippen LogP contribution in [-0.2, 0) is 29.2 Å². The molecule has 0 atom stereocenters. The number of esters is 2. The molecule has 0 aromatic rings. The molecule has 0 aliphatic heterocycles. The SMILES string of the molecule is C=C(CC(=O)OC1(C)CCCC1)C(=O)OCCS(=O)(=O)O. The number of carbonyl (C=O) groups is 2. The molecule has 8 heteroatoms. The molecule has 1 rings (SSSR count). The summed E-state index contributed by atoms with van der Waals surface area (Å²) in [6, 6.07) is 0. The third-order valence-electron chi connectivity index (χ3n) is 3.24. The summed E-state index contributed by atoms with van der Waals surface area (Å²) in [5.41, 5.74) is -0.594. The van der Waals surface area contributed by atoms with Gasteiger partial charge in [-0.2, -0.15) is 8.42 Å². The van der Waals surface area contributed by atoms with Gasteiger partial charge in [0.05, 0.1) is 6.42 Å². The van der Waals surface area contributed by atoms with E-state index < -0.39 is 40.0 Å². The molecular formula is C13H20O7S. The molecule has 0 bridgehead atoms. The lowest BCUT2D eigenvalue weighted by Gasteiger charge is -2.24. The van der Waals surface area contributed by atoms with E-state index in [1.807, 2.05) is 6.92 Å². The van der Waals surface area contributed by atoms with Crippen LogP contribution >= 0.6 is 0 Å². The maximum Gasteiger partial charge on any atom is 0.334 e. The van der Waals surface area contributed by atoms with E-state index >= 15 is 0 Å². The van der Waals surface area contributed by atoms with Gasteiger partial charge in [-0.3, -0.25) is 9.35 Å². The van der Waals surface area contributed by atoms with Crippen molar-refractivity contribution < 1.29 is 32.0 Å². The van der Waals surface area contributed by atoms with Gasteiger partial charge in [0.1, 0.15) is 18.0 Å². The van der Waals surface area contributed by atoms with Gasteiger partial charge in [0.25, 0.3) is 10.1 Å². The average Bonchev–Trinajstić information content (AvgIpc) is 2.73. The zero-order valence-corrected chi connectivity index (χ0v) is 12.8. The number of carbonyl (C=O) groups excluding carboxylic acids is 2.